The molecular weight excluding hydrogens is 346 g/mol. The van der Waals surface area contributed by atoms with Crippen molar-refractivity contribution in [3.8, 4) is 0 Å². The fourth-order valence-corrected chi connectivity index (χ4v) is 3.52. The van der Waals surface area contributed by atoms with Gasteiger partial charge in [-0.1, -0.05) is 12.1 Å². The molecule has 7 heteroatoms. The third-order valence-electron chi connectivity index (χ3n) is 4.62. The van der Waals surface area contributed by atoms with E-state index in [9.17, 15) is 14.4 Å². The molecule has 1 aliphatic rings. The van der Waals surface area contributed by atoms with Gasteiger partial charge in [0.15, 0.2) is 6.61 Å². The number of ether oxygens (including phenoxy) is 1. The monoisotopic (exact) mass is 369 g/mol. The van der Waals surface area contributed by atoms with Crippen LogP contribution in [0.25, 0.3) is 0 Å². The second-order valence-electron chi connectivity index (χ2n) is 6.87. The van der Waals surface area contributed by atoms with Gasteiger partial charge in [0.2, 0.25) is 5.91 Å². The van der Waals surface area contributed by atoms with Crippen LogP contribution >= 0.6 is 0 Å². The molecule has 3 rings (SSSR count). The van der Waals surface area contributed by atoms with Crippen LogP contribution in [0.15, 0.2) is 30.3 Å². The highest BCUT2D eigenvalue weighted by Crippen LogP contribution is 2.29. The van der Waals surface area contributed by atoms with Crippen LogP contribution in [-0.4, -0.2) is 35.5 Å². The highest BCUT2D eigenvalue weighted by Gasteiger charge is 2.28. The van der Waals surface area contributed by atoms with Crippen LogP contribution in [0.5, 0.6) is 0 Å². The Kier molecular flexibility index (Phi) is 5.03. The number of fused-ring (bicyclic) bond motifs is 1. The van der Waals surface area contributed by atoms with Gasteiger partial charge in [-0.3, -0.25) is 14.5 Å². The molecule has 0 saturated heterocycles. The molecule has 0 spiro atoms. The maximum absolute atomic E-state index is 12.6. The maximum Gasteiger partial charge on any atom is 0.340 e. The zero-order chi connectivity index (χ0) is 19.7. The van der Waals surface area contributed by atoms with E-state index in [1.807, 2.05) is 32.3 Å². The van der Waals surface area contributed by atoms with Gasteiger partial charge in [0.1, 0.15) is 6.54 Å². The van der Waals surface area contributed by atoms with E-state index >= 15 is 0 Å². The highest BCUT2D eigenvalue weighted by molar-refractivity contribution is 6.10. The summed E-state index contributed by atoms with van der Waals surface area (Å²) in [7, 11) is 0. The van der Waals surface area contributed by atoms with E-state index in [0.717, 1.165) is 11.4 Å². The minimum Gasteiger partial charge on any atom is -0.452 e. The lowest BCUT2D eigenvalue weighted by Gasteiger charge is -2.28. The summed E-state index contributed by atoms with van der Waals surface area (Å²) < 4.78 is 7.29. The summed E-state index contributed by atoms with van der Waals surface area (Å²) in [5.41, 5.74) is 3.38. The number of carbonyl (C=O) groups excluding carboxylic acids is 3. The van der Waals surface area contributed by atoms with E-state index in [1.165, 1.54) is 4.90 Å². The van der Waals surface area contributed by atoms with Crippen molar-refractivity contribution in [1.82, 2.24) is 4.57 Å². The Labute approximate surface area is 157 Å². The van der Waals surface area contributed by atoms with Crippen molar-refractivity contribution < 1.29 is 19.1 Å². The Morgan fingerprint density at radius 2 is 1.93 bits per heavy atom. The zero-order valence-electron chi connectivity index (χ0n) is 15.9. The van der Waals surface area contributed by atoms with Gasteiger partial charge < -0.3 is 14.6 Å². The number of para-hydroxylation sites is 2. The van der Waals surface area contributed by atoms with E-state index in [0.29, 0.717) is 16.9 Å². The van der Waals surface area contributed by atoms with Crippen molar-refractivity contribution in [1.29, 1.82) is 0 Å². The molecule has 1 aliphatic heterocycles. The number of aromatic nitrogens is 1. The molecule has 0 radical (unpaired) electrons. The molecule has 27 heavy (non-hydrogen) atoms. The number of hydrogen-bond donors (Lipinski definition) is 1. The predicted octanol–water partition coefficient (Wildman–Crippen LogP) is 2.83. The fourth-order valence-electron chi connectivity index (χ4n) is 3.52. The molecule has 0 atom stereocenters. The van der Waals surface area contributed by atoms with Crippen LogP contribution in [0.3, 0.4) is 0 Å². The van der Waals surface area contributed by atoms with Crippen LogP contribution in [-0.2, 0) is 14.3 Å². The van der Waals surface area contributed by atoms with Crippen LogP contribution in [0, 0.1) is 13.8 Å². The Morgan fingerprint density at radius 3 is 2.59 bits per heavy atom. The number of nitrogens with one attached hydrogen (secondary N) is 1. The number of esters is 1. The number of benzene rings is 1. The lowest BCUT2D eigenvalue weighted by atomic mass is 10.2. The maximum atomic E-state index is 12.6. The molecule has 1 aromatic heterocycles. The quantitative estimate of drug-likeness (QED) is 0.841. The van der Waals surface area contributed by atoms with E-state index in [4.69, 9.17) is 4.74 Å². The highest BCUT2D eigenvalue weighted by atomic mass is 16.5. The van der Waals surface area contributed by atoms with Gasteiger partial charge in [-0.2, -0.15) is 0 Å². The predicted molar refractivity (Wildman–Crippen MR) is 102 cm³/mol. The Hall–Kier alpha value is -3.09. The fraction of sp³-hybridized carbons (Fsp3) is 0.350. The minimum absolute atomic E-state index is 0.102. The zero-order valence-corrected chi connectivity index (χ0v) is 15.9. The smallest absolute Gasteiger partial charge is 0.340 e. The molecule has 2 amide bonds. The van der Waals surface area contributed by atoms with Crippen molar-refractivity contribution >= 4 is 29.2 Å². The van der Waals surface area contributed by atoms with Gasteiger partial charge in [-0.05, 0) is 45.9 Å². The van der Waals surface area contributed by atoms with E-state index in [2.05, 4.69) is 5.32 Å². The summed E-state index contributed by atoms with van der Waals surface area (Å²) >= 11 is 0. The molecule has 0 aliphatic carbocycles. The topological polar surface area (TPSA) is 80.6 Å². The van der Waals surface area contributed by atoms with Crippen molar-refractivity contribution in [3.63, 3.8) is 0 Å². The number of carbonyl (C=O) groups is 3. The van der Waals surface area contributed by atoms with Crippen LogP contribution in [0.1, 0.15) is 41.6 Å². The van der Waals surface area contributed by atoms with Crippen molar-refractivity contribution in [2.45, 2.75) is 33.7 Å². The van der Waals surface area contributed by atoms with Crippen LogP contribution in [0.4, 0.5) is 11.4 Å². The number of rotatable bonds is 4. The molecule has 7 nitrogen and oxygen atoms in total. The summed E-state index contributed by atoms with van der Waals surface area (Å²) in [6.45, 7) is 7.34. The molecule has 1 N–H and O–H groups in total. The van der Waals surface area contributed by atoms with Gasteiger partial charge in [0.25, 0.3) is 5.91 Å². The summed E-state index contributed by atoms with van der Waals surface area (Å²) in [6, 6.07) is 9.01. The first-order valence-electron chi connectivity index (χ1n) is 8.84. The lowest BCUT2D eigenvalue weighted by Crippen LogP contribution is -2.44. The second-order valence-corrected chi connectivity index (χ2v) is 6.87. The molecule has 0 bridgehead atoms. The normalized spacial score (nSPS) is 13.4. The number of aryl methyl sites for hydroxylation is 1. The second kappa shape index (κ2) is 7.26. The molecule has 0 unspecified atom stereocenters. The number of hydrogen-bond acceptors (Lipinski definition) is 4. The molecule has 2 heterocycles. The Bertz CT molecular complexity index is 914. The first kappa shape index (κ1) is 18.7. The third-order valence-corrected chi connectivity index (χ3v) is 4.62. The van der Waals surface area contributed by atoms with Crippen molar-refractivity contribution in [3.05, 3.63) is 47.3 Å². The van der Waals surface area contributed by atoms with Crippen molar-refractivity contribution in [2.24, 2.45) is 0 Å². The summed E-state index contributed by atoms with van der Waals surface area (Å²) in [5.74, 6) is -1.27. The number of anilines is 2. The van der Waals surface area contributed by atoms with Gasteiger partial charge in [0, 0.05) is 17.4 Å². The SMILES string of the molecule is Cc1cc(C(=O)OCC(=O)N2CC(=O)Nc3ccccc32)c(C)n1C(C)C. The average Bonchev–Trinajstić information content (AvgIpc) is 2.93. The lowest BCUT2D eigenvalue weighted by molar-refractivity contribution is -0.124. The van der Waals surface area contributed by atoms with Gasteiger partial charge in [-0.25, -0.2) is 4.79 Å². The van der Waals surface area contributed by atoms with Crippen molar-refractivity contribution in [2.75, 3.05) is 23.4 Å². The molecule has 0 saturated carbocycles. The standard InChI is InChI=1S/C20H23N3O4/c1-12(2)23-13(3)9-15(14(23)4)20(26)27-11-19(25)22-10-18(24)21-16-7-5-6-8-17(16)22/h5-9,12H,10-11H2,1-4H3,(H,21,24). The third kappa shape index (κ3) is 3.58. The molecule has 142 valence electrons. The molecule has 0 fully saturated rings. The van der Waals surface area contributed by atoms with Gasteiger partial charge in [-0.15, -0.1) is 0 Å². The molecule has 1 aromatic carbocycles. The molecule has 2 aromatic rings. The summed E-state index contributed by atoms with van der Waals surface area (Å²) in [4.78, 5) is 38.2. The van der Waals surface area contributed by atoms with Crippen LogP contribution < -0.4 is 10.2 Å². The molecular formula is C20H23N3O4. The van der Waals surface area contributed by atoms with E-state index in [1.54, 1.807) is 30.3 Å². The number of nitrogens with zero attached hydrogens (tertiary/aromatic N) is 2. The average molecular weight is 369 g/mol. The Balaban J connectivity index is 1.72. The Morgan fingerprint density at radius 1 is 1.22 bits per heavy atom. The van der Waals surface area contributed by atoms with Crippen LogP contribution in [0.2, 0.25) is 0 Å². The first-order chi connectivity index (χ1) is 12.8. The van der Waals surface area contributed by atoms with Gasteiger partial charge in [0.05, 0.1) is 16.9 Å². The minimum atomic E-state index is -0.543. The van der Waals surface area contributed by atoms with E-state index < -0.39 is 18.5 Å². The van der Waals surface area contributed by atoms with E-state index in [-0.39, 0.29) is 18.5 Å². The van der Waals surface area contributed by atoms with Gasteiger partial charge >= 0.3 is 5.97 Å². The number of amides is 2. The largest absolute Gasteiger partial charge is 0.452 e. The summed E-state index contributed by atoms with van der Waals surface area (Å²) in [5, 5.41) is 2.72. The summed E-state index contributed by atoms with van der Waals surface area (Å²) in [6.07, 6.45) is 0. The first-order valence-corrected chi connectivity index (χ1v) is 8.84.